The Hall–Kier alpha value is -5.45. The lowest BCUT2D eigenvalue weighted by Gasteiger charge is -2.09. The summed E-state index contributed by atoms with van der Waals surface area (Å²) in [5.41, 5.74) is 7.81. The van der Waals surface area contributed by atoms with E-state index in [4.69, 9.17) is 15.0 Å². The van der Waals surface area contributed by atoms with Gasteiger partial charge >= 0.3 is 0 Å². The van der Waals surface area contributed by atoms with Gasteiger partial charge in [-0.3, -0.25) is 0 Å². The number of aromatic nitrogens is 3. The zero-order chi connectivity index (χ0) is 28.6. The number of thiophene rings is 1. The largest absolute Gasteiger partial charge is 0.208 e. The van der Waals surface area contributed by atoms with Crippen LogP contribution >= 0.6 is 11.3 Å². The Kier molecular flexibility index (Phi) is 6.32. The molecule has 4 heteroatoms. The van der Waals surface area contributed by atoms with Crippen molar-refractivity contribution in [1.82, 2.24) is 15.0 Å². The first kappa shape index (κ1) is 25.3. The molecule has 8 rings (SSSR count). The smallest absolute Gasteiger partial charge is 0.165 e. The third-order valence-corrected chi connectivity index (χ3v) is 8.98. The number of hydrogen-bond donors (Lipinski definition) is 0. The van der Waals surface area contributed by atoms with Crippen LogP contribution < -0.4 is 0 Å². The fraction of sp³-hybridized carbons (Fsp3) is 0. The van der Waals surface area contributed by atoms with Gasteiger partial charge in [0, 0.05) is 36.9 Å². The van der Waals surface area contributed by atoms with Crippen molar-refractivity contribution in [2.24, 2.45) is 0 Å². The summed E-state index contributed by atoms with van der Waals surface area (Å²) in [6.07, 6.45) is 0. The van der Waals surface area contributed by atoms with Gasteiger partial charge in [0.1, 0.15) is 0 Å². The summed E-state index contributed by atoms with van der Waals surface area (Å²) < 4.78 is 2.42. The fourth-order valence-corrected chi connectivity index (χ4v) is 6.76. The third kappa shape index (κ3) is 4.78. The molecular formula is C39H25N3S. The Morgan fingerprint density at radius 3 is 1.44 bits per heavy atom. The van der Waals surface area contributed by atoms with Crippen molar-refractivity contribution in [3.63, 3.8) is 0 Å². The summed E-state index contributed by atoms with van der Waals surface area (Å²) in [6.45, 7) is 0. The van der Waals surface area contributed by atoms with E-state index < -0.39 is 0 Å². The minimum atomic E-state index is 0.670. The normalized spacial score (nSPS) is 11.3. The molecule has 202 valence electrons. The SMILES string of the molecule is c1ccc(-c2ccc(-c3ccc4sc5c(-c6nc(-c7ccccc7)nc(-c7ccccc7)n6)cccc5c4c3)cc2)cc1. The van der Waals surface area contributed by atoms with Crippen LogP contribution in [0, 0.1) is 0 Å². The molecule has 0 saturated heterocycles. The van der Waals surface area contributed by atoms with E-state index in [1.807, 2.05) is 60.7 Å². The van der Waals surface area contributed by atoms with E-state index in [0.717, 1.165) is 16.7 Å². The van der Waals surface area contributed by atoms with Crippen molar-refractivity contribution in [3.05, 3.63) is 152 Å². The topological polar surface area (TPSA) is 38.7 Å². The third-order valence-electron chi connectivity index (χ3n) is 7.76. The maximum atomic E-state index is 5.00. The molecule has 0 spiro atoms. The lowest BCUT2D eigenvalue weighted by molar-refractivity contribution is 1.08. The number of benzene rings is 6. The lowest BCUT2D eigenvalue weighted by Crippen LogP contribution is -2.00. The Morgan fingerprint density at radius 1 is 0.349 bits per heavy atom. The molecule has 0 amide bonds. The second-order valence-corrected chi connectivity index (χ2v) is 11.5. The molecule has 0 aliphatic heterocycles. The number of fused-ring (bicyclic) bond motifs is 3. The van der Waals surface area contributed by atoms with Crippen LogP contribution in [0.1, 0.15) is 0 Å². The van der Waals surface area contributed by atoms with E-state index in [-0.39, 0.29) is 0 Å². The van der Waals surface area contributed by atoms with Gasteiger partial charge in [-0.15, -0.1) is 11.3 Å². The molecule has 0 atom stereocenters. The predicted molar refractivity (Wildman–Crippen MR) is 180 cm³/mol. The first-order chi connectivity index (χ1) is 21.3. The second-order valence-electron chi connectivity index (χ2n) is 10.5. The molecule has 0 aliphatic carbocycles. The minimum absolute atomic E-state index is 0.670. The summed E-state index contributed by atoms with van der Waals surface area (Å²) in [7, 11) is 0. The van der Waals surface area contributed by atoms with Crippen molar-refractivity contribution < 1.29 is 0 Å². The molecule has 6 aromatic carbocycles. The Labute approximate surface area is 253 Å². The first-order valence-corrected chi connectivity index (χ1v) is 15.1. The summed E-state index contributed by atoms with van der Waals surface area (Å²) in [5.74, 6) is 2.02. The summed E-state index contributed by atoms with van der Waals surface area (Å²) >= 11 is 1.79. The quantitative estimate of drug-likeness (QED) is 0.208. The Balaban J connectivity index is 1.25. The second kappa shape index (κ2) is 10.8. The van der Waals surface area contributed by atoms with E-state index in [0.29, 0.717) is 17.5 Å². The van der Waals surface area contributed by atoms with Crippen LogP contribution in [-0.2, 0) is 0 Å². The van der Waals surface area contributed by atoms with Gasteiger partial charge in [-0.2, -0.15) is 0 Å². The highest BCUT2D eigenvalue weighted by molar-refractivity contribution is 7.26. The number of nitrogens with zero attached hydrogens (tertiary/aromatic N) is 3. The van der Waals surface area contributed by atoms with Crippen LogP contribution in [0.2, 0.25) is 0 Å². The van der Waals surface area contributed by atoms with Crippen molar-refractivity contribution >= 4 is 31.5 Å². The van der Waals surface area contributed by atoms with Gasteiger partial charge in [-0.25, -0.2) is 15.0 Å². The highest BCUT2D eigenvalue weighted by Gasteiger charge is 2.17. The lowest BCUT2D eigenvalue weighted by atomic mass is 9.99. The molecule has 2 aromatic heterocycles. The zero-order valence-electron chi connectivity index (χ0n) is 23.2. The maximum Gasteiger partial charge on any atom is 0.165 e. The minimum Gasteiger partial charge on any atom is -0.208 e. The van der Waals surface area contributed by atoms with Gasteiger partial charge < -0.3 is 0 Å². The van der Waals surface area contributed by atoms with Crippen molar-refractivity contribution in [2.75, 3.05) is 0 Å². The van der Waals surface area contributed by atoms with Crippen LogP contribution in [0.15, 0.2) is 152 Å². The van der Waals surface area contributed by atoms with E-state index in [1.165, 1.54) is 42.4 Å². The van der Waals surface area contributed by atoms with Crippen LogP contribution in [-0.4, -0.2) is 15.0 Å². The highest BCUT2D eigenvalue weighted by atomic mass is 32.1. The number of hydrogen-bond acceptors (Lipinski definition) is 4. The van der Waals surface area contributed by atoms with E-state index in [9.17, 15) is 0 Å². The zero-order valence-corrected chi connectivity index (χ0v) is 24.0. The monoisotopic (exact) mass is 567 g/mol. The molecule has 0 bridgehead atoms. The van der Waals surface area contributed by atoms with Gasteiger partial charge in [-0.1, -0.05) is 133 Å². The summed E-state index contributed by atoms with van der Waals surface area (Å²) in [6, 6.07) is 52.8. The highest BCUT2D eigenvalue weighted by Crippen LogP contribution is 2.41. The van der Waals surface area contributed by atoms with Gasteiger partial charge in [0.15, 0.2) is 17.5 Å². The van der Waals surface area contributed by atoms with Gasteiger partial charge in [0.25, 0.3) is 0 Å². The molecule has 0 N–H and O–H groups in total. The molecule has 0 fully saturated rings. The predicted octanol–water partition coefficient (Wildman–Crippen LogP) is 10.6. The average Bonchev–Trinajstić information content (AvgIpc) is 3.47. The van der Waals surface area contributed by atoms with Crippen molar-refractivity contribution in [2.45, 2.75) is 0 Å². The van der Waals surface area contributed by atoms with Crippen molar-refractivity contribution in [3.8, 4) is 56.4 Å². The van der Waals surface area contributed by atoms with Gasteiger partial charge in [0.2, 0.25) is 0 Å². The molecule has 2 heterocycles. The molecule has 0 radical (unpaired) electrons. The average molecular weight is 568 g/mol. The van der Waals surface area contributed by atoms with Crippen LogP contribution in [0.25, 0.3) is 76.6 Å². The van der Waals surface area contributed by atoms with Crippen LogP contribution in [0.5, 0.6) is 0 Å². The molecule has 0 saturated carbocycles. The van der Waals surface area contributed by atoms with E-state index in [1.54, 1.807) is 11.3 Å². The molecule has 43 heavy (non-hydrogen) atoms. The standard InChI is InChI=1S/C39H25N3S/c1-4-11-26(12-5-1)27-19-21-28(22-20-27)31-23-24-35-34(25-31)32-17-10-18-33(36(32)43-35)39-41-37(29-13-6-2-7-14-29)40-38(42-39)30-15-8-3-9-16-30/h1-25H. The van der Waals surface area contributed by atoms with Crippen molar-refractivity contribution in [1.29, 1.82) is 0 Å². The van der Waals surface area contributed by atoms with E-state index in [2.05, 4.69) is 91.0 Å². The molecular weight excluding hydrogens is 543 g/mol. The molecule has 0 unspecified atom stereocenters. The van der Waals surface area contributed by atoms with Crippen LogP contribution in [0.3, 0.4) is 0 Å². The number of rotatable bonds is 5. The fourth-order valence-electron chi connectivity index (χ4n) is 5.57. The molecule has 3 nitrogen and oxygen atoms in total. The van der Waals surface area contributed by atoms with Gasteiger partial charge in [0.05, 0.1) is 0 Å². The maximum absolute atomic E-state index is 5.00. The van der Waals surface area contributed by atoms with E-state index >= 15 is 0 Å². The summed E-state index contributed by atoms with van der Waals surface area (Å²) in [4.78, 5) is 14.9. The molecule has 8 aromatic rings. The van der Waals surface area contributed by atoms with Gasteiger partial charge in [-0.05, 0) is 40.5 Å². The van der Waals surface area contributed by atoms with Crippen LogP contribution in [0.4, 0.5) is 0 Å². The Morgan fingerprint density at radius 2 is 0.837 bits per heavy atom. The summed E-state index contributed by atoms with van der Waals surface area (Å²) in [5, 5.41) is 2.45. The molecule has 0 aliphatic rings. The Bertz CT molecular complexity index is 2150. The first-order valence-electron chi connectivity index (χ1n) is 14.3.